The summed E-state index contributed by atoms with van der Waals surface area (Å²) in [5.41, 5.74) is -0.652. The summed E-state index contributed by atoms with van der Waals surface area (Å²) in [6.07, 6.45) is 0. The Morgan fingerprint density at radius 3 is 2.47 bits per heavy atom. The third kappa shape index (κ3) is 2.90. The highest BCUT2D eigenvalue weighted by molar-refractivity contribution is 7.89. The van der Waals surface area contributed by atoms with Crippen LogP contribution in [0, 0.1) is 0 Å². The van der Waals surface area contributed by atoms with E-state index < -0.39 is 28.2 Å². The van der Waals surface area contributed by atoms with E-state index in [4.69, 9.17) is 9.84 Å². The fourth-order valence-corrected chi connectivity index (χ4v) is 2.71. The van der Waals surface area contributed by atoms with Gasteiger partial charge in [-0.05, 0) is 13.8 Å². The molecule has 1 rings (SSSR count). The lowest BCUT2D eigenvalue weighted by Crippen LogP contribution is -2.63. The van der Waals surface area contributed by atoms with Crippen LogP contribution in [0.4, 0.5) is 0 Å². The summed E-state index contributed by atoms with van der Waals surface area (Å²) in [5.74, 6) is -0.991. The molecule has 7 heteroatoms. The Balaban J connectivity index is 2.45. The Labute approximate surface area is 88.9 Å². The smallest absolute Gasteiger partial charge is 0.329 e. The Hall–Kier alpha value is -0.660. The molecule has 0 atom stereocenters. The summed E-state index contributed by atoms with van der Waals surface area (Å²) in [6, 6.07) is 0. The number of nitrogens with zero attached hydrogens (tertiary/aromatic N) is 1. The van der Waals surface area contributed by atoms with E-state index in [9.17, 15) is 13.2 Å². The van der Waals surface area contributed by atoms with Crippen LogP contribution in [-0.4, -0.2) is 54.8 Å². The van der Waals surface area contributed by atoms with Gasteiger partial charge in [-0.25, -0.2) is 13.2 Å². The van der Waals surface area contributed by atoms with Crippen molar-refractivity contribution in [2.24, 2.45) is 0 Å². The normalized spacial score (nSPS) is 20.9. The number of rotatable bonds is 5. The van der Waals surface area contributed by atoms with Crippen molar-refractivity contribution in [3.8, 4) is 0 Å². The summed E-state index contributed by atoms with van der Waals surface area (Å²) in [5, 5.41) is 8.41. The summed E-state index contributed by atoms with van der Waals surface area (Å²) >= 11 is 0. The Morgan fingerprint density at radius 2 is 2.07 bits per heavy atom. The Morgan fingerprint density at radius 1 is 1.53 bits per heavy atom. The molecule has 15 heavy (non-hydrogen) atoms. The number of carboxylic acids is 1. The summed E-state index contributed by atoms with van der Waals surface area (Å²) in [4.78, 5) is 10.3. The Bertz CT molecular complexity index is 344. The van der Waals surface area contributed by atoms with Crippen LogP contribution in [-0.2, 0) is 19.6 Å². The molecule has 0 radical (unpaired) electrons. The molecule has 0 aromatic heterocycles. The van der Waals surface area contributed by atoms with E-state index in [1.807, 2.05) is 0 Å². The first-order valence-corrected chi connectivity index (χ1v) is 6.23. The maximum absolute atomic E-state index is 11.4. The van der Waals surface area contributed by atoms with Gasteiger partial charge in [0, 0.05) is 13.1 Å². The first-order valence-electron chi connectivity index (χ1n) is 4.63. The summed E-state index contributed by atoms with van der Waals surface area (Å²) < 4.78 is 29.1. The van der Waals surface area contributed by atoms with E-state index in [0.29, 0.717) is 0 Å². The molecule has 1 aliphatic heterocycles. The summed E-state index contributed by atoms with van der Waals surface area (Å²) in [7, 11) is -3.17. The molecular formula is C8H15NO5S. The lowest BCUT2D eigenvalue weighted by Gasteiger charge is -2.45. The van der Waals surface area contributed by atoms with Crippen LogP contribution in [0.1, 0.15) is 13.8 Å². The molecular weight excluding hydrogens is 222 g/mol. The highest BCUT2D eigenvalue weighted by atomic mass is 32.2. The van der Waals surface area contributed by atoms with E-state index in [1.54, 1.807) is 13.8 Å². The average molecular weight is 237 g/mol. The van der Waals surface area contributed by atoms with E-state index in [2.05, 4.69) is 0 Å². The van der Waals surface area contributed by atoms with Crippen molar-refractivity contribution in [2.75, 3.05) is 25.4 Å². The molecule has 1 saturated heterocycles. The molecule has 0 aromatic rings. The van der Waals surface area contributed by atoms with Crippen LogP contribution < -0.4 is 0 Å². The zero-order chi connectivity index (χ0) is 11.7. The highest BCUT2D eigenvalue weighted by Crippen LogP contribution is 2.27. The standard InChI is InChI=1S/C8H15NO5S/c1-3-15(12,13)9-5-8(2,6-9)14-4-7(10)11/h3-6H2,1-2H3,(H,10,11). The maximum Gasteiger partial charge on any atom is 0.329 e. The van der Waals surface area contributed by atoms with E-state index in [-0.39, 0.29) is 18.8 Å². The molecule has 0 aromatic carbocycles. The largest absolute Gasteiger partial charge is 0.480 e. The molecule has 0 unspecified atom stereocenters. The molecule has 6 nitrogen and oxygen atoms in total. The average Bonchev–Trinajstić information content (AvgIpc) is 2.10. The molecule has 1 N–H and O–H groups in total. The van der Waals surface area contributed by atoms with Gasteiger partial charge in [0.15, 0.2) is 0 Å². The predicted molar refractivity (Wildman–Crippen MR) is 53.0 cm³/mol. The van der Waals surface area contributed by atoms with Gasteiger partial charge in [-0.15, -0.1) is 0 Å². The molecule has 88 valence electrons. The summed E-state index contributed by atoms with van der Waals surface area (Å²) in [6.45, 7) is 3.35. The van der Waals surface area contributed by atoms with Crippen molar-refractivity contribution in [2.45, 2.75) is 19.4 Å². The van der Waals surface area contributed by atoms with E-state index in [0.717, 1.165) is 0 Å². The number of carbonyl (C=O) groups is 1. The van der Waals surface area contributed by atoms with Gasteiger partial charge in [-0.3, -0.25) is 0 Å². The number of sulfonamides is 1. The van der Waals surface area contributed by atoms with Crippen molar-refractivity contribution in [3.63, 3.8) is 0 Å². The highest BCUT2D eigenvalue weighted by Gasteiger charge is 2.45. The van der Waals surface area contributed by atoms with Gasteiger partial charge in [0.2, 0.25) is 10.0 Å². The monoisotopic (exact) mass is 237 g/mol. The molecule has 0 spiro atoms. The zero-order valence-corrected chi connectivity index (χ0v) is 9.58. The van der Waals surface area contributed by atoms with Crippen LogP contribution >= 0.6 is 0 Å². The van der Waals surface area contributed by atoms with Gasteiger partial charge >= 0.3 is 5.97 Å². The van der Waals surface area contributed by atoms with Crippen molar-refractivity contribution in [1.82, 2.24) is 4.31 Å². The minimum absolute atomic E-state index is 0.0576. The van der Waals surface area contributed by atoms with Crippen molar-refractivity contribution in [1.29, 1.82) is 0 Å². The molecule has 1 heterocycles. The van der Waals surface area contributed by atoms with E-state index in [1.165, 1.54) is 4.31 Å². The van der Waals surface area contributed by atoms with Crippen LogP contribution in [0.3, 0.4) is 0 Å². The van der Waals surface area contributed by atoms with Crippen LogP contribution in [0.5, 0.6) is 0 Å². The molecule has 1 aliphatic rings. The van der Waals surface area contributed by atoms with Crippen LogP contribution in [0.15, 0.2) is 0 Å². The topological polar surface area (TPSA) is 83.9 Å². The molecule has 0 aliphatic carbocycles. The number of ether oxygens (including phenoxy) is 1. The van der Waals surface area contributed by atoms with Gasteiger partial charge in [0.1, 0.15) is 6.61 Å². The van der Waals surface area contributed by atoms with Gasteiger partial charge < -0.3 is 9.84 Å². The number of hydrogen-bond donors (Lipinski definition) is 1. The van der Waals surface area contributed by atoms with Gasteiger partial charge in [-0.1, -0.05) is 0 Å². The maximum atomic E-state index is 11.4. The second kappa shape index (κ2) is 4.07. The van der Waals surface area contributed by atoms with Gasteiger partial charge in [0.05, 0.1) is 11.4 Å². The van der Waals surface area contributed by atoms with Gasteiger partial charge in [-0.2, -0.15) is 4.31 Å². The number of carboxylic acid groups (broad SMARTS) is 1. The van der Waals surface area contributed by atoms with Crippen molar-refractivity contribution in [3.05, 3.63) is 0 Å². The predicted octanol–water partition coefficient (Wildman–Crippen LogP) is -0.488. The first-order chi connectivity index (χ1) is 6.79. The molecule has 1 fully saturated rings. The van der Waals surface area contributed by atoms with Crippen molar-refractivity contribution < 1.29 is 23.1 Å². The zero-order valence-electron chi connectivity index (χ0n) is 8.76. The molecule has 0 saturated carbocycles. The van der Waals surface area contributed by atoms with Gasteiger partial charge in [0.25, 0.3) is 0 Å². The third-order valence-electron chi connectivity index (χ3n) is 2.32. The minimum Gasteiger partial charge on any atom is -0.480 e. The fraction of sp³-hybridized carbons (Fsp3) is 0.875. The van der Waals surface area contributed by atoms with Crippen LogP contribution in [0.25, 0.3) is 0 Å². The fourth-order valence-electron chi connectivity index (χ4n) is 1.41. The lowest BCUT2D eigenvalue weighted by atomic mass is 10.0. The minimum atomic E-state index is -3.17. The van der Waals surface area contributed by atoms with E-state index >= 15 is 0 Å². The van der Waals surface area contributed by atoms with Crippen molar-refractivity contribution >= 4 is 16.0 Å². The quantitative estimate of drug-likeness (QED) is 0.697. The third-order valence-corrected chi connectivity index (χ3v) is 4.10. The second-order valence-electron chi connectivity index (χ2n) is 3.80. The Kier molecular flexibility index (Phi) is 3.37. The van der Waals surface area contributed by atoms with Crippen LogP contribution in [0.2, 0.25) is 0 Å². The number of aliphatic carboxylic acids is 1. The lowest BCUT2D eigenvalue weighted by molar-refractivity contribution is -0.157. The second-order valence-corrected chi connectivity index (χ2v) is 6.06. The first kappa shape index (κ1) is 12.4. The SMILES string of the molecule is CCS(=O)(=O)N1CC(C)(OCC(=O)O)C1. The number of hydrogen-bond acceptors (Lipinski definition) is 4. The molecule has 0 amide bonds. The molecule has 0 bridgehead atoms.